The van der Waals surface area contributed by atoms with Crippen LogP contribution in [-0.4, -0.2) is 11.7 Å². The highest BCUT2D eigenvalue weighted by Crippen LogP contribution is 2.21. The summed E-state index contributed by atoms with van der Waals surface area (Å²) in [5, 5.41) is 2.69. The minimum Gasteiger partial charge on any atom is -0.326 e. The van der Waals surface area contributed by atoms with Gasteiger partial charge >= 0.3 is 0 Å². The summed E-state index contributed by atoms with van der Waals surface area (Å²) in [7, 11) is 0. The molecule has 0 fully saturated rings. The maximum atomic E-state index is 12.4. The van der Waals surface area contributed by atoms with Gasteiger partial charge in [-0.1, -0.05) is 42.0 Å². The summed E-state index contributed by atoms with van der Waals surface area (Å²) >= 11 is 0. The molecule has 0 bridgehead atoms. The van der Waals surface area contributed by atoms with Crippen molar-refractivity contribution in [3.63, 3.8) is 0 Å². The van der Waals surface area contributed by atoms with E-state index >= 15 is 0 Å². The van der Waals surface area contributed by atoms with E-state index in [2.05, 4.69) is 5.32 Å². The molecule has 0 spiro atoms. The van der Waals surface area contributed by atoms with E-state index in [1.54, 1.807) is 24.3 Å². The molecule has 1 N–H and O–H groups in total. The number of hydrogen-bond acceptors (Lipinski definition) is 2. The molecule has 3 heteroatoms. The third-order valence-corrected chi connectivity index (χ3v) is 2.77. The molecular formula is C16H15NO2. The standard InChI is InChI=1S/C16H15NO2/c1-11-8-9-15(17-12(2)18)14(10-11)16(19)13-6-4-3-5-7-13/h3-10H,1-2H3,(H,17,18). The van der Waals surface area contributed by atoms with Crippen LogP contribution in [0.5, 0.6) is 0 Å². The number of ketones is 1. The van der Waals surface area contributed by atoms with Gasteiger partial charge in [0, 0.05) is 18.1 Å². The molecule has 2 rings (SSSR count). The summed E-state index contributed by atoms with van der Waals surface area (Å²) in [5.41, 5.74) is 2.65. The number of carbonyl (C=O) groups is 2. The normalized spacial score (nSPS) is 10.0. The Labute approximate surface area is 112 Å². The lowest BCUT2D eigenvalue weighted by Crippen LogP contribution is -2.12. The SMILES string of the molecule is CC(=O)Nc1ccc(C)cc1C(=O)c1ccccc1. The highest BCUT2D eigenvalue weighted by molar-refractivity contribution is 6.13. The number of amides is 1. The minimum absolute atomic E-state index is 0.0898. The molecule has 0 saturated carbocycles. The molecule has 3 nitrogen and oxygen atoms in total. The molecule has 2 aromatic rings. The number of aryl methyl sites for hydroxylation is 1. The van der Waals surface area contributed by atoms with Crippen LogP contribution in [0.3, 0.4) is 0 Å². The van der Waals surface area contributed by atoms with Crippen LogP contribution in [0.4, 0.5) is 5.69 Å². The molecule has 0 aromatic heterocycles. The molecule has 1 amide bonds. The van der Waals surface area contributed by atoms with Gasteiger partial charge in [-0.05, 0) is 19.1 Å². The fourth-order valence-electron chi connectivity index (χ4n) is 1.89. The lowest BCUT2D eigenvalue weighted by Gasteiger charge is -2.10. The average Bonchev–Trinajstić information content (AvgIpc) is 2.40. The first-order chi connectivity index (χ1) is 9.08. The Morgan fingerprint density at radius 1 is 1.00 bits per heavy atom. The Kier molecular flexibility index (Phi) is 3.76. The molecule has 96 valence electrons. The predicted molar refractivity (Wildman–Crippen MR) is 75.4 cm³/mol. The van der Waals surface area contributed by atoms with Crippen LogP contribution in [0.25, 0.3) is 0 Å². The fourth-order valence-corrected chi connectivity index (χ4v) is 1.89. The Hall–Kier alpha value is -2.42. The van der Waals surface area contributed by atoms with E-state index in [-0.39, 0.29) is 11.7 Å². The monoisotopic (exact) mass is 253 g/mol. The molecule has 0 aliphatic carbocycles. The van der Waals surface area contributed by atoms with E-state index in [1.165, 1.54) is 6.92 Å². The highest BCUT2D eigenvalue weighted by atomic mass is 16.1. The van der Waals surface area contributed by atoms with E-state index < -0.39 is 0 Å². The molecule has 0 aliphatic heterocycles. The second-order valence-electron chi connectivity index (χ2n) is 4.43. The van der Waals surface area contributed by atoms with E-state index in [0.29, 0.717) is 16.8 Å². The fraction of sp³-hybridized carbons (Fsp3) is 0.125. The van der Waals surface area contributed by atoms with Crippen molar-refractivity contribution in [2.75, 3.05) is 5.32 Å². The van der Waals surface area contributed by atoms with Gasteiger partial charge in [-0.2, -0.15) is 0 Å². The van der Waals surface area contributed by atoms with Gasteiger partial charge in [0.1, 0.15) is 0 Å². The molecule has 0 radical (unpaired) electrons. The molecule has 0 saturated heterocycles. The van der Waals surface area contributed by atoms with Gasteiger partial charge < -0.3 is 5.32 Å². The Morgan fingerprint density at radius 3 is 2.32 bits per heavy atom. The summed E-state index contributed by atoms with van der Waals surface area (Å²) in [6.07, 6.45) is 0. The van der Waals surface area contributed by atoms with Gasteiger partial charge in [-0.3, -0.25) is 9.59 Å². The average molecular weight is 253 g/mol. The maximum absolute atomic E-state index is 12.4. The molecule has 0 heterocycles. The third kappa shape index (κ3) is 3.07. The van der Waals surface area contributed by atoms with Crippen molar-refractivity contribution in [1.29, 1.82) is 0 Å². The van der Waals surface area contributed by atoms with Crippen molar-refractivity contribution in [2.45, 2.75) is 13.8 Å². The first-order valence-corrected chi connectivity index (χ1v) is 6.06. The summed E-state index contributed by atoms with van der Waals surface area (Å²) in [6.45, 7) is 3.34. The van der Waals surface area contributed by atoms with Gasteiger partial charge in [-0.15, -0.1) is 0 Å². The van der Waals surface area contributed by atoms with Crippen LogP contribution in [0.1, 0.15) is 28.4 Å². The van der Waals surface area contributed by atoms with E-state index in [0.717, 1.165) is 5.56 Å². The van der Waals surface area contributed by atoms with Gasteiger partial charge in [0.2, 0.25) is 5.91 Å². The molecule has 0 unspecified atom stereocenters. The highest BCUT2D eigenvalue weighted by Gasteiger charge is 2.14. The quantitative estimate of drug-likeness (QED) is 0.854. The molecular weight excluding hydrogens is 238 g/mol. The smallest absolute Gasteiger partial charge is 0.221 e. The van der Waals surface area contributed by atoms with Crippen LogP contribution in [0, 0.1) is 6.92 Å². The van der Waals surface area contributed by atoms with Crippen LogP contribution in [0.2, 0.25) is 0 Å². The van der Waals surface area contributed by atoms with E-state index in [9.17, 15) is 9.59 Å². The van der Waals surface area contributed by atoms with Gasteiger partial charge in [0.15, 0.2) is 5.78 Å². The number of anilines is 1. The number of nitrogens with one attached hydrogen (secondary N) is 1. The third-order valence-electron chi connectivity index (χ3n) is 2.77. The van der Waals surface area contributed by atoms with Gasteiger partial charge in [-0.25, -0.2) is 0 Å². The van der Waals surface area contributed by atoms with Crippen molar-refractivity contribution in [2.24, 2.45) is 0 Å². The summed E-state index contributed by atoms with van der Waals surface area (Å²) in [6, 6.07) is 14.5. The zero-order chi connectivity index (χ0) is 13.8. The zero-order valence-corrected chi connectivity index (χ0v) is 10.9. The predicted octanol–water partition coefficient (Wildman–Crippen LogP) is 3.18. The number of hydrogen-bond donors (Lipinski definition) is 1. The lowest BCUT2D eigenvalue weighted by atomic mass is 10.00. The second-order valence-corrected chi connectivity index (χ2v) is 4.43. The Balaban J connectivity index is 2.45. The van der Waals surface area contributed by atoms with Crippen molar-refractivity contribution < 1.29 is 9.59 Å². The summed E-state index contributed by atoms with van der Waals surface area (Å²) in [5.74, 6) is -0.279. The van der Waals surface area contributed by atoms with Crippen molar-refractivity contribution >= 4 is 17.4 Å². The molecule has 2 aromatic carbocycles. The van der Waals surface area contributed by atoms with Crippen LogP contribution in [0.15, 0.2) is 48.5 Å². The number of carbonyl (C=O) groups excluding carboxylic acids is 2. The Morgan fingerprint density at radius 2 is 1.68 bits per heavy atom. The molecule has 19 heavy (non-hydrogen) atoms. The Bertz CT molecular complexity index is 618. The largest absolute Gasteiger partial charge is 0.326 e. The van der Waals surface area contributed by atoms with Crippen LogP contribution >= 0.6 is 0 Å². The second kappa shape index (κ2) is 5.48. The van der Waals surface area contributed by atoms with E-state index in [1.807, 2.05) is 31.2 Å². The number of rotatable bonds is 3. The first-order valence-electron chi connectivity index (χ1n) is 6.06. The summed E-state index contributed by atoms with van der Waals surface area (Å²) < 4.78 is 0. The zero-order valence-electron chi connectivity index (χ0n) is 10.9. The van der Waals surface area contributed by atoms with Crippen LogP contribution < -0.4 is 5.32 Å². The van der Waals surface area contributed by atoms with Crippen molar-refractivity contribution in [1.82, 2.24) is 0 Å². The maximum Gasteiger partial charge on any atom is 0.221 e. The molecule has 0 aliphatic rings. The first kappa shape index (κ1) is 13.0. The summed E-state index contributed by atoms with van der Waals surface area (Å²) in [4.78, 5) is 23.6. The van der Waals surface area contributed by atoms with Gasteiger partial charge in [0.25, 0.3) is 0 Å². The molecule has 0 atom stereocenters. The van der Waals surface area contributed by atoms with Crippen molar-refractivity contribution in [3.05, 3.63) is 65.2 Å². The number of benzene rings is 2. The van der Waals surface area contributed by atoms with Crippen molar-refractivity contribution in [3.8, 4) is 0 Å². The topological polar surface area (TPSA) is 46.2 Å². The lowest BCUT2D eigenvalue weighted by molar-refractivity contribution is -0.114. The van der Waals surface area contributed by atoms with Crippen LogP contribution in [-0.2, 0) is 4.79 Å². The van der Waals surface area contributed by atoms with Gasteiger partial charge in [0.05, 0.1) is 5.69 Å². The minimum atomic E-state index is -0.189. The van der Waals surface area contributed by atoms with E-state index in [4.69, 9.17) is 0 Å².